The summed E-state index contributed by atoms with van der Waals surface area (Å²) >= 11 is 1.78. The Hall–Kier alpha value is -1.56. The lowest BCUT2D eigenvalue weighted by molar-refractivity contribution is 0.0599. The first kappa shape index (κ1) is 16.5. The van der Waals surface area contributed by atoms with E-state index in [2.05, 4.69) is 35.8 Å². The SMILES string of the molecule is COC(=O)c1ccc(C(=O)NCCSC(C)(C)C)nc1. The molecule has 0 spiro atoms. The Morgan fingerprint density at radius 2 is 2.05 bits per heavy atom. The highest BCUT2D eigenvalue weighted by molar-refractivity contribution is 8.00. The number of aromatic nitrogens is 1. The van der Waals surface area contributed by atoms with Crippen LogP contribution in [0, 0.1) is 0 Å². The second-order valence-electron chi connectivity index (χ2n) is 5.14. The van der Waals surface area contributed by atoms with Crippen LogP contribution >= 0.6 is 11.8 Å². The molecule has 1 aromatic heterocycles. The number of thioether (sulfide) groups is 1. The number of esters is 1. The first-order valence-electron chi connectivity index (χ1n) is 6.30. The molecule has 0 aromatic carbocycles. The lowest BCUT2D eigenvalue weighted by Gasteiger charge is -2.17. The number of hydrogen-bond donors (Lipinski definition) is 1. The van der Waals surface area contributed by atoms with Crippen molar-refractivity contribution in [2.45, 2.75) is 25.5 Å². The Morgan fingerprint density at radius 3 is 2.55 bits per heavy atom. The number of pyridine rings is 1. The van der Waals surface area contributed by atoms with Gasteiger partial charge in [-0.1, -0.05) is 20.8 Å². The van der Waals surface area contributed by atoms with Gasteiger partial charge in [0.25, 0.3) is 5.91 Å². The van der Waals surface area contributed by atoms with Crippen LogP contribution in [0.1, 0.15) is 41.6 Å². The molecule has 5 nitrogen and oxygen atoms in total. The number of nitrogens with zero attached hydrogens (tertiary/aromatic N) is 1. The Labute approximate surface area is 123 Å². The summed E-state index contributed by atoms with van der Waals surface area (Å²) in [6.45, 7) is 6.98. The maximum atomic E-state index is 11.8. The molecule has 1 amide bonds. The summed E-state index contributed by atoms with van der Waals surface area (Å²) in [5.41, 5.74) is 0.616. The monoisotopic (exact) mass is 296 g/mol. The van der Waals surface area contributed by atoms with Crippen molar-refractivity contribution < 1.29 is 14.3 Å². The summed E-state index contributed by atoms with van der Waals surface area (Å²) in [6, 6.07) is 3.04. The van der Waals surface area contributed by atoms with Crippen LogP contribution in [0.2, 0.25) is 0 Å². The number of ether oxygens (including phenoxy) is 1. The van der Waals surface area contributed by atoms with Crippen LogP contribution < -0.4 is 5.32 Å². The van der Waals surface area contributed by atoms with Crippen LogP contribution in [0.25, 0.3) is 0 Å². The van der Waals surface area contributed by atoms with Crippen LogP contribution in [0.4, 0.5) is 0 Å². The van der Waals surface area contributed by atoms with Crippen molar-refractivity contribution in [3.63, 3.8) is 0 Å². The standard InChI is InChI=1S/C14H20N2O3S/c1-14(2,3)20-8-7-15-12(17)11-6-5-10(9-16-11)13(18)19-4/h5-6,9H,7-8H2,1-4H3,(H,15,17). The lowest BCUT2D eigenvalue weighted by atomic mass is 10.2. The largest absolute Gasteiger partial charge is 0.465 e. The third-order valence-electron chi connectivity index (χ3n) is 2.34. The molecule has 1 N–H and O–H groups in total. The van der Waals surface area contributed by atoms with Crippen molar-refractivity contribution in [3.8, 4) is 0 Å². The van der Waals surface area contributed by atoms with Crippen LogP contribution in [0.5, 0.6) is 0 Å². The Balaban J connectivity index is 2.46. The highest BCUT2D eigenvalue weighted by Crippen LogP contribution is 2.21. The van der Waals surface area contributed by atoms with E-state index in [1.807, 2.05) is 0 Å². The number of rotatable bonds is 5. The van der Waals surface area contributed by atoms with E-state index in [9.17, 15) is 9.59 Å². The molecule has 0 saturated heterocycles. The van der Waals surface area contributed by atoms with Gasteiger partial charge in [0.1, 0.15) is 5.69 Å². The highest BCUT2D eigenvalue weighted by Gasteiger charge is 2.12. The van der Waals surface area contributed by atoms with Crippen molar-refractivity contribution in [1.82, 2.24) is 10.3 Å². The van der Waals surface area contributed by atoms with Crippen molar-refractivity contribution in [1.29, 1.82) is 0 Å². The topological polar surface area (TPSA) is 68.3 Å². The zero-order valence-corrected chi connectivity index (χ0v) is 13.0. The predicted molar refractivity (Wildman–Crippen MR) is 80.1 cm³/mol. The predicted octanol–water partition coefficient (Wildman–Crippen LogP) is 2.13. The van der Waals surface area contributed by atoms with Gasteiger partial charge in [-0.15, -0.1) is 0 Å². The lowest BCUT2D eigenvalue weighted by Crippen LogP contribution is -2.27. The van der Waals surface area contributed by atoms with Gasteiger partial charge in [0.15, 0.2) is 0 Å². The highest BCUT2D eigenvalue weighted by atomic mass is 32.2. The number of methoxy groups -OCH3 is 1. The molecule has 110 valence electrons. The summed E-state index contributed by atoms with van der Waals surface area (Å²) in [5.74, 6) is 0.136. The first-order chi connectivity index (χ1) is 9.33. The smallest absolute Gasteiger partial charge is 0.339 e. The zero-order chi connectivity index (χ0) is 15.2. The molecule has 0 atom stereocenters. The molecule has 0 aliphatic rings. The average Bonchev–Trinajstić information content (AvgIpc) is 2.41. The van der Waals surface area contributed by atoms with E-state index in [1.165, 1.54) is 25.4 Å². The van der Waals surface area contributed by atoms with Gasteiger partial charge in [0.05, 0.1) is 12.7 Å². The van der Waals surface area contributed by atoms with Gasteiger partial charge in [0.2, 0.25) is 0 Å². The average molecular weight is 296 g/mol. The van der Waals surface area contributed by atoms with E-state index in [0.29, 0.717) is 17.8 Å². The fourth-order valence-corrected chi connectivity index (χ4v) is 2.20. The minimum Gasteiger partial charge on any atom is -0.465 e. The molecule has 0 saturated carbocycles. The Kier molecular flexibility index (Phi) is 6.01. The van der Waals surface area contributed by atoms with Gasteiger partial charge in [-0.2, -0.15) is 11.8 Å². The Bertz CT molecular complexity index is 466. The van der Waals surface area contributed by atoms with Crippen LogP contribution in [-0.4, -0.2) is 41.0 Å². The number of carbonyl (C=O) groups excluding carboxylic acids is 2. The molecular weight excluding hydrogens is 276 g/mol. The molecule has 0 aliphatic carbocycles. The molecule has 1 heterocycles. The van der Waals surface area contributed by atoms with E-state index in [-0.39, 0.29) is 10.7 Å². The minimum absolute atomic E-state index is 0.186. The molecule has 0 bridgehead atoms. The zero-order valence-electron chi connectivity index (χ0n) is 12.2. The second-order valence-corrected chi connectivity index (χ2v) is 7.06. The minimum atomic E-state index is -0.467. The van der Waals surface area contributed by atoms with E-state index in [4.69, 9.17) is 0 Å². The fourth-order valence-electron chi connectivity index (χ4n) is 1.38. The van der Waals surface area contributed by atoms with Gasteiger partial charge in [-0.05, 0) is 12.1 Å². The summed E-state index contributed by atoms with van der Waals surface area (Å²) in [6.07, 6.45) is 1.34. The van der Waals surface area contributed by atoms with Crippen molar-refractivity contribution in [2.75, 3.05) is 19.4 Å². The van der Waals surface area contributed by atoms with Gasteiger partial charge in [-0.3, -0.25) is 9.78 Å². The summed E-state index contributed by atoms with van der Waals surface area (Å²) in [7, 11) is 1.30. The van der Waals surface area contributed by atoms with Gasteiger partial charge in [0, 0.05) is 23.2 Å². The second kappa shape index (κ2) is 7.28. The van der Waals surface area contributed by atoms with E-state index >= 15 is 0 Å². The number of nitrogens with one attached hydrogen (secondary N) is 1. The molecule has 0 unspecified atom stereocenters. The van der Waals surface area contributed by atoms with E-state index < -0.39 is 5.97 Å². The third-order valence-corrected chi connectivity index (χ3v) is 3.61. The first-order valence-corrected chi connectivity index (χ1v) is 7.28. The maximum Gasteiger partial charge on any atom is 0.339 e. The summed E-state index contributed by atoms with van der Waals surface area (Å²) < 4.78 is 4.75. The van der Waals surface area contributed by atoms with Crippen LogP contribution in [0.15, 0.2) is 18.3 Å². The van der Waals surface area contributed by atoms with E-state index in [0.717, 1.165) is 5.75 Å². The summed E-state index contributed by atoms with van der Waals surface area (Å²) in [4.78, 5) is 27.0. The normalized spacial score (nSPS) is 11.0. The summed E-state index contributed by atoms with van der Waals surface area (Å²) in [5, 5.41) is 2.80. The fraction of sp³-hybridized carbons (Fsp3) is 0.500. The van der Waals surface area contributed by atoms with Gasteiger partial charge < -0.3 is 10.1 Å². The molecule has 20 heavy (non-hydrogen) atoms. The quantitative estimate of drug-likeness (QED) is 0.666. The molecule has 6 heteroatoms. The molecule has 1 rings (SSSR count). The third kappa shape index (κ3) is 5.61. The van der Waals surface area contributed by atoms with Crippen LogP contribution in [0.3, 0.4) is 0 Å². The molecule has 1 aromatic rings. The van der Waals surface area contributed by atoms with E-state index in [1.54, 1.807) is 11.8 Å². The van der Waals surface area contributed by atoms with Crippen LogP contribution in [-0.2, 0) is 4.74 Å². The molecule has 0 radical (unpaired) electrons. The maximum absolute atomic E-state index is 11.8. The molecule has 0 fully saturated rings. The van der Waals surface area contributed by atoms with Crippen molar-refractivity contribution in [3.05, 3.63) is 29.6 Å². The molecule has 0 aliphatic heterocycles. The Morgan fingerprint density at radius 1 is 1.35 bits per heavy atom. The van der Waals surface area contributed by atoms with Crippen molar-refractivity contribution in [2.24, 2.45) is 0 Å². The number of carbonyl (C=O) groups is 2. The van der Waals surface area contributed by atoms with Gasteiger partial charge >= 0.3 is 5.97 Å². The van der Waals surface area contributed by atoms with Crippen molar-refractivity contribution >= 4 is 23.6 Å². The number of hydrogen-bond acceptors (Lipinski definition) is 5. The van der Waals surface area contributed by atoms with Gasteiger partial charge in [-0.25, -0.2) is 4.79 Å². The molecular formula is C14H20N2O3S. The number of amides is 1.